The van der Waals surface area contributed by atoms with Gasteiger partial charge in [0.1, 0.15) is 5.01 Å². The molecule has 1 rings (SSSR count). The van der Waals surface area contributed by atoms with E-state index in [0.29, 0.717) is 19.0 Å². The Morgan fingerprint density at radius 1 is 1.33 bits per heavy atom. The van der Waals surface area contributed by atoms with Gasteiger partial charge in [-0.25, -0.2) is 9.98 Å². The highest BCUT2D eigenvalue weighted by Crippen LogP contribution is 2.18. The molecule has 0 fully saturated rings. The second-order valence-corrected chi connectivity index (χ2v) is 5.26. The molecular weight excluding hydrogens is 416 g/mol. The molecule has 0 saturated carbocycles. The summed E-state index contributed by atoms with van der Waals surface area (Å²) in [4.78, 5) is 9.61. The summed E-state index contributed by atoms with van der Waals surface area (Å²) < 4.78 is 36.2. The van der Waals surface area contributed by atoms with Crippen LogP contribution in [0.25, 0.3) is 0 Å². The Bertz CT molecular complexity index is 434. The van der Waals surface area contributed by atoms with Gasteiger partial charge in [0, 0.05) is 24.2 Å². The minimum atomic E-state index is -4.16. The number of hydrogen-bond acceptors (Lipinski definition) is 3. The lowest BCUT2D eigenvalue weighted by Gasteiger charge is -2.12. The van der Waals surface area contributed by atoms with Crippen molar-refractivity contribution in [3.63, 3.8) is 0 Å². The Labute approximate surface area is 143 Å². The van der Waals surface area contributed by atoms with Crippen molar-refractivity contribution in [2.45, 2.75) is 39.4 Å². The van der Waals surface area contributed by atoms with Crippen molar-refractivity contribution >= 4 is 41.3 Å². The number of thiazole rings is 1. The number of aliphatic imine (C=N–C) groups is 1. The van der Waals surface area contributed by atoms with Crippen LogP contribution in [0.15, 0.2) is 11.2 Å². The van der Waals surface area contributed by atoms with Crippen molar-refractivity contribution in [1.82, 2.24) is 15.6 Å². The quantitative estimate of drug-likeness (QED) is 0.409. The van der Waals surface area contributed by atoms with Gasteiger partial charge in [0.05, 0.1) is 13.0 Å². The van der Waals surface area contributed by atoms with Crippen molar-refractivity contribution in [2.75, 3.05) is 13.1 Å². The molecule has 1 heterocycles. The Morgan fingerprint density at radius 3 is 2.57 bits per heavy atom. The molecule has 1 aromatic rings. The summed E-state index contributed by atoms with van der Waals surface area (Å²) in [6.45, 7) is 4.68. The van der Waals surface area contributed by atoms with Crippen molar-refractivity contribution in [2.24, 2.45) is 4.99 Å². The Balaban J connectivity index is 0.00000400. The molecule has 1 aromatic heterocycles. The summed E-state index contributed by atoms with van der Waals surface area (Å²) in [6, 6.07) is 0. The van der Waals surface area contributed by atoms with E-state index < -0.39 is 12.6 Å². The lowest BCUT2D eigenvalue weighted by atomic mass is 10.4. The number of alkyl halides is 3. The summed E-state index contributed by atoms with van der Waals surface area (Å²) in [6.07, 6.45) is -2.31. The second-order valence-electron chi connectivity index (χ2n) is 4.06. The smallest absolute Gasteiger partial charge is 0.357 e. The number of nitrogens with one attached hydrogen (secondary N) is 2. The lowest BCUT2D eigenvalue weighted by molar-refractivity contribution is -0.132. The van der Waals surface area contributed by atoms with Gasteiger partial charge in [0.15, 0.2) is 5.96 Å². The van der Waals surface area contributed by atoms with Gasteiger partial charge in [-0.1, -0.05) is 6.92 Å². The van der Waals surface area contributed by atoms with Gasteiger partial charge in [0.2, 0.25) is 0 Å². The Morgan fingerprint density at radius 2 is 2.05 bits per heavy atom. The maximum atomic E-state index is 12.1. The zero-order chi connectivity index (χ0) is 15.0. The topological polar surface area (TPSA) is 49.3 Å². The Kier molecular flexibility index (Phi) is 9.92. The molecule has 0 radical (unpaired) electrons. The van der Waals surface area contributed by atoms with E-state index in [4.69, 9.17) is 0 Å². The van der Waals surface area contributed by atoms with Crippen molar-refractivity contribution in [3.05, 3.63) is 16.1 Å². The maximum absolute atomic E-state index is 12.1. The number of guanidine groups is 1. The van der Waals surface area contributed by atoms with Gasteiger partial charge < -0.3 is 10.6 Å². The predicted octanol–water partition coefficient (Wildman–Crippen LogP) is 3.33. The zero-order valence-electron chi connectivity index (χ0n) is 12.0. The first kappa shape index (κ1) is 20.4. The first-order valence-electron chi connectivity index (χ1n) is 6.47. The lowest BCUT2D eigenvalue weighted by Crippen LogP contribution is -2.38. The number of aryl methyl sites for hydroxylation is 1. The highest BCUT2D eigenvalue weighted by molar-refractivity contribution is 14.0. The van der Waals surface area contributed by atoms with E-state index in [1.54, 1.807) is 17.5 Å². The minimum Gasteiger partial charge on any atom is -0.357 e. The van der Waals surface area contributed by atoms with Gasteiger partial charge in [-0.2, -0.15) is 13.2 Å². The highest BCUT2D eigenvalue weighted by Gasteiger charge is 2.26. The zero-order valence-corrected chi connectivity index (χ0v) is 15.1. The van der Waals surface area contributed by atoms with Crippen LogP contribution < -0.4 is 10.6 Å². The summed E-state index contributed by atoms with van der Waals surface area (Å²) in [5.74, 6) is 0.380. The van der Waals surface area contributed by atoms with Crippen molar-refractivity contribution in [1.29, 1.82) is 0 Å². The molecule has 9 heteroatoms. The fraction of sp³-hybridized carbons (Fsp3) is 0.667. The molecule has 0 atom stereocenters. The molecule has 0 aromatic carbocycles. The molecule has 0 bridgehead atoms. The van der Waals surface area contributed by atoms with Crippen LogP contribution >= 0.6 is 35.3 Å². The molecule has 0 aliphatic rings. The van der Waals surface area contributed by atoms with E-state index in [9.17, 15) is 13.2 Å². The van der Waals surface area contributed by atoms with Gasteiger partial charge in [-0.15, -0.1) is 35.3 Å². The molecule has 21 heavy (non-hydrogen) atoms. The molecule has 0 aliphatic carbocycles. The van der Waals surface area contributed by atoms with Gasteiger partial charge >= 0.3 is 6.18 Å². The minimum absolute atomic E-state index is 0. The van der Waals surface area contributed by atoms with Gasteiger partial charge in [0.25, 0.3) is 0 Å². The van der Waals surface area contributed by atoms with E-state index in [2.05, 4.69) is 20.6 Å². The fourth-order valence-corrected chi connectivity index (χ4v) is 2.18. The first-order valence-corrected chi connectivity index (χ1v) is 7.28. The third kappa shape index (κ3) is 9.12. The summed E-state index contributed by atoms with van der Waals surface area (Å²) >= 11 is 1.57. The van der Waals surface area contributed by atoms with E-state index in [1.165, 1.54) is 4.88 Å². The number of hydrogen-bond donors (Lipinski definition) is 2. The van der Waals surface area contributed by atoms with E-state index >= 15 is 0 Å². The van der Waals surface area contributed by atoms with E-state index in [-0.39, 0.29) is 30.5 Å². The van der Waals surface area contributed by atoms with Crippen LogP contribution in [-0.2, 0) is 13.0 Å². The predicted molar refractivity (Wildman–Crippen MR) is 90.4 cm³/mol. The largest absolute Gasteiger partial charge is 0.390 e. The molecule has 0 amide bonds. The van der Waals surface area contributed by atoms with Crippen molar-refractivity contribution in [3.8, 4) is 0 Å². The van der Waals surface area contributed by atoms with Gasteiger partial charge in [-0.3, -0.25) is 0 Å². The SMILES string of the molecule is CCNC(=NCc1ncc(CC)s1)NCCC(F)(F)F.I. The summed E-state index contributed by atoms with van der Waals surface area (Å²) in [7, 11) is 0. The molecule has 0 saturated heterocycles. The Hall–Kier alpha value is -0.580. The molecule has 0 spiro atoms. The standard InChI is InChI=1S/C12H19F3N4S.HI/c1-3-9-7-18-10(20-9)8-19-11(16-4-2)17-6-5-12(13,14)15;/h7H,3-6,8H2,1-2H3,(H2,16,17,19);1H. The van der Waals surface area contributed by atoms with Crippen molar-refractivity contribution < 1.29 is 13.2 Å². The van der Waals surface area contributed by atoms with Gasteiger partial charge in [-0.05, 0) is 13.3 Å². The molecule has 0 aliphatic heterocycles. The van der Waals surface area contributed by atoms with Crippen LogP contribution in [0.1, 0.15) is 30.2 Å². The average molecular weight is 436 g/mol. The molecule has 122 valence electrons. The maximum Gasteiger partial charge on any atom is 0.390 e. The highest BCUT2D eigenvalue weighted by atomic mass is 127. The van der Waals surface area contributed by atoms with Crippen LogP contribution in [0.3, 0.4) is 0 Å². The van der Waals surface area contributed by atoms with Crippen LogP contribution in [0, 0.1) is 0 Å². The van der Waals surface area contributed by atoms with E-state index in [1.807, 2.05) is 13.8 Å². The second kappa shape index (κ2) is 10.2. The first-order chi connectivity index (χ1) is 9.44. The van der Waals surface area contributed by atoms with Crippen LogP contribution in [0.2, 0.25) is 0 Å². The summed E-state index contributed by atoms with van der Waals surface area (Å²) in [5, 5.41) is 6.43. The van der Waals surface area contributed by atoms with Crippen LogP contribution in [-0.4, -0.2) is 30.2 Å². The normalized spacial score (nSPS) is 12.0. The summed E-state index contributed by atoms with van der Waals surface area (Å²) in [5.41, 5.74) is 0. The van der Waals surface area contributed by atoms with E-state index in [0.717, 1.165) is 11.4 Å². The number of halogens is 4. The van der Waals surface area contributed by atoms with Crippen LogP contribution in [0.4, 0.5) is 13.2 Å². The molecule has 4 nitrogen and oxygen atoms in total. The number of aromatic nitrogens is 1. The van der Waals surface area contributed by atoms with Crippen LogP contribution in [0.5, 0.6) is 0 Å². The molecular formula is C12H20F3IN4S. The average Bonchev–Trinajstić information content (AvgIpc) is 2.82. The third-order valence-corrected chi connectivity index (χ3v) is 3.49. The number of rotatable bonds is 6. The third-order valence-electron chi connectivity index (χ3n) is 2.37. The molecule has 0 unspecified atom stereocenters. The number of nitrogens with zero attached hydrogens (tertiary/aromatic N) is 2. The molecule has 2 N–H and O–H groups in total. The fourth-order valence-electron chi connectivity index (χ4n) is 1.40. The monoisotopic (exact) mass is 436 g/mol.